The predicted octanol–water partition coefficient (Wildman–Crippen LogP) is 3.33. The lowest BCUT2D eigenvalue weighted by Crippen LogP contribution is -2.17. The van der Waals surface area contributed by atoms with Gasteiger partial charge in [-0.25, -0.2) is 5.43 Å². The molecule has 2 N–H and O–H groups in total. The zero-order valence-electron chi connectivity index (χ0n) is 14.4. The van der Waals surface area contributed by atoms with Crippen molar-refractivity contribution in [3.05, 3.63) is 65.7 Å². The number of carbonyl (C=O) groups is 1. The molecule has 0 aliphatic heterocycles. The first-order chi connectivity index (χ1) is 12.6. The third-order valence-corrected chi connectivity index (χ3v) is 3.95. The van der Waals surface area contributed by atoms with Gasteiger partial charge in [-0.3, -0.25) is 4.79 Å². The van der Waals surface area contributed by atoms with Crippen molar-refractivity contribution in [2.75, 3.05) is 14.2 Å². The summed E-state index contributed by atoms with van der Waals surface area (Å²) in [6.07, 6.45) is 1.40. The Kier molecular flexibility index (Phi) is 5.03. The molecule has 0 aliphatic rings. The summed E-state index contributed by atoms with van der Waals surface area (Å²) in [5.41, 5.74) is 3.32. The van der Waals surface area contributed by atoms with Gasteiger partial charge in [0.1, 0.15) is 5.75 Å². The zero-order chi connectivity index (χ0) is 18.5. The number of hydrogen-bond donors (Lipinski definition) is 2. The Morgan fingerprint density at radius 3 is 2.58 bits per heavy atom. The number of amides is 1. The molecule has 26 heavy (non-hydrogen) atoms. The van der Waals surface area contributed by atoms with E-state index >= 15 is 0 Å². The van der Waals surface area contributed by atoms with Crippen LogP contribution in [-0.2, 0) is 0 Å². The van der Waals surface area contributed by atoms with Crippen molar-refractivity contribution in [2.45, 2.75) is 0 Å². The van der Waals surface area contributed by atoms with E-state index in [1.807, 2.05) is 30.3 Å². The van der Waals surface area contributed by atoms with Crippen LogP contribution < -0.4 is 14.9 Å². The van der Waals surface area contributed by atoms with Gasteiger partial charge in [-0.2, -0.15) is 5.10 Å². The van der Waals surface area contributed by atoms with Crippen LogP contribution in [0.3, 0.4) is 0 Å². The van der Waals surface area contributed by atoms with Gasteiger partial charge in [0.05, 0.1) is 20.4 Å². The van der Waals surface area contributed by atoms with Crippen molar-refractivity contribution in [1.29, 1.82) is 0 Å². The number of aromatic hydroxyl groups is 1. The molecule has 132 valence electrons. The van der Waals surface area contributed by atoms with E-state index < -0.39 is 5.91 Å². The fraction of sp³-hybridized carbons (Fsp3) is 0.100. The molecule has 3 aromatic rings. The maximum absolute atomic E-state index is 12.2. The average Bonchev–Trinajstić information content (AvgIpc) is 2.69. The second kappa shape index (κ2) is 7.57. The number of ether oxygens (including phenoxy) is 2. The Morgan fingerprint density at radius 1 is 1.04 bits per heavy atom. The van der Waals surface area contributed by atoms with Gasteiger partial charge in [0.2, 0.25) is 0 Å². The molecule has 3 rings (SSSR count). The first kappa shape index (κ1) is 17.3. The monoisotopic (exact) mass is 350 g/mol. The number of hydrogen-bond acceptors (Lipinski definition) is 5. The van der Waals surface area contributed by atoms with Crippen molar-refractivity contribution in [3.63, 3.8) is 0 Å². The highest BCUT2D eigenvalue weighted by atomic mass is 16.5. The fourth-order valence-electron chi connectivity index (χ4n) is 2.58. The fourth-order valence-corrected chi connectivity index (χ4v) is 2.58. The van der Waals surface area contributed by atoms with Gasteiger partial charge < -0.3 is 14.6 Å². The quantitative estimate of drug-likeness (QED) is 0.546. The minimum absolute atomic E-state index is 0.118. The summed E-state index contributed by atoms with van der Waals surface area (Å²) in [5.74, 6) is 0.708. The van der Waals surface area contributed by atoms with Crippen LogP contribution in [0.15, 0.2) is 59.7 Å². The van der Waals surface area contributed by atoms with Gasteiger partial charge in [-0.05, 0) is 29.7 Å². The Morgan fingerprint density at radius 2 is 1.81 bits per heavy atom. The molecular weight excluding hydrogens is 332 g/mol. The van der Waals surface area contributed by atoms with Crippen LogP contribution in [-0.4, -0.2) is 31.4 Å². The van der Waals surface area contributed by atoms with E-state index in [1.165, 1.54) is 20.4 Å². The number of benzene rings is 3. The smallest absolute Gasteiger partial charge is 0.271 e. The predicted molar refractivity (Wildman–Crippen MR) is 100 cm³/mol. The lowest BCUT2D eigenvalue weighted by atomic mass is 10.1. The lowest BCUT2D eigenvalue weighted by molar-refractivity contribution is 0.0954. The normalized spacial score (nSPS) is 10.8. The molecule has 0 fully saturated rings. The van der Waals surface area contributed by atoms with Gasteiger partial charge in [0, 0.05) is 16.5 Å². The summed E-state index contributed by atoms with van der Waals surface area (Å²) < 4.78 is 10.3. The van der Waals surface area contributed by atoms with Gasteiger partial charge in [-0.15, -0.1) is 0 Å². The average molecular weight is 350 g/mol. The molecule has 3 aromatic carbocycles. The number of hydrazone groups is 1. The molecule has 0 spiro atoms. The van der Waals surface area contributed by atoms with E-state index in [1.54, 1.807) is 24.3 Å². The summed E-state index contributed by atoms with van der Waals surface area (Å²) in [6.45, 7) is 0. The van der Waals surface area contributed by atoms with Crippen molar-refractivity contribution in [3.8, 4) is 17.2 Å². The molecule has 0 aliphatic carbocycles. The topological polar surface area (TPSA) is 80.2 Å². The van der Waals surface area contributed by atoms with E-state index in [9.17, 15) is 9.90 Å². The molecule has 0 aromatic heterocycles. The number of carbonyl (C=O) groups excluding carboxylic acids is 1. The first-order valence-corrected chi connectivity index (χ1v) is 7.90. The first-order valence-electron chi connectivity index (χ1n) is 7.90. The second-order valence-electron chi connectivity index (χ2n) is 5.49. The van der Waals surface area contributed by atoms with Gasteiger partial charge >= 0.3 is 0 Å². The maximum atomic E-state index is 12.2. The van der Waals surface area contributed by atoms with Gasteiger partial charge in [0.25, 0.3) is 5.91 Å². The number of nitrogens with zero attached hydrogens (tertiary/aromatic N) is 1. The second-order valence-corrected chi connectivity index (χ2v) is 5.49. The lowest BCUT2D eigenvalue weighted by Gasteiger charge is -2.08. The molecule has 0 radical (unpaired) electrons. The minimum Gasteiger partial charge on any atom is -0.507 e. The largest absolute Gasteiger partial charge is 0.507 e. The maximum Gasteiger partial charge on any atom is 0.271 e. The van der Waals surface area contributed by atoms with Crippen molar-refractivity contribution in [1.82, 2.24) is 5.43 Å². The highest BCUT2D eigenvalue weighted by Crippen LogP contribution is 2.28. The number of nitrogens with one attached hydrogen (secondary N) is 1. The number of rotatable bonds is 5. The van der Waals surface area contributed by atoms with E-state index in [4.69, 9.17) is 9.47 Å². The third-order valence-electron chi connectivity index (χ3n) is 3.95. The molecule has 0 saturated carbocycles. The molecule has 0 atom stereocenters. The zero-order valence-corrected chi connectivity index (χ0v) is 14.4. The molecule has 0 heterocycles. The van der Waals surface area contributed by atoms with Crippen molar-refractivity contribution >= 4 is 22.9 Å². The Hall–Kier alpha value is -3.54. The molecular formula is C20H18N2O4. The summed E-state index contributed by atoms with van der Waals surface area (Å²) in [7, 11) is 3.03. The van der Waals surface area contributed by atoms with Crippen LogP contribution in [0.4, 0.5) is 0 Å². The molecule has 0 saturated heterocycles. The Balaban J connectivity index is 1.76. The van der Waals surface area contributed by atoms with Crippen LogP contribution in [0.2, 0.25) is 0 Å². The number of phenols is 1. The van der Waals surface area contributed by atoms with Crippen molar-refractivity contribution < 1.29 is 19.4 Å². The molecule has 0 bridgehead atoms. The van der Waals surface area contributed by atoms with E-state index in [2.05, 4.69) is 10.5 Å². The number of phenolic OH excluding ortho intramolecular Hbond substituents is 1. The molecule has 1 amide bonds. The molecule has 6 nitrogen and oxygen atoms in total. The van der Waals surface area contributed by atoms with Crippen molar-refractivity contribution in [2.24, 2.45) is 5.10 Å². The van der Waals surface area contributed by atoms with Crippen LogP contribution in [0, 0.1) is 0 Å². The molecule has 6 heteroatoms. The SMILES string of the molecule is COc1ccc(C(=O)NN=Cc2ccc3ccccc3c2O)cc1OC. The Labute approximate surface area is 150 Å². The van der Waals surface area contributed by atoms with Gasteiger partial charge in [0.15, 0.2) is 11.5 Å². The summed E-state index contributed by atoms with van der Waals surface area (Å²) in [6, 6.07) is 15.9. The summed E-state index contributed by atoms with van der Waals surface area (Å²) in [5, 5.41) is 15.9. The number of fused-ring (bicyclic) bond motifs is 1. The van der Waals surface area contributed by atoms with Gasteiger partial charge in [-0.1, -0.05) is 30.3 Å². The number of methoxy groups -OCH3 is 2. The van der Waals surface area contributed by atoms with E-state index in [0.29, 0.717) is 22.6 Å². The highest BCUT2D eigenvalue weighted by molar-refractivity contribution is 5.98. The van der Waals surface area contributed by atoms with Crippen LogP contribution in [0.25, 0.3) is 10.8 Å². The highest BCUT2D eigenvalue weighted by Gasteiger charge is 2.10. The minimum atomic E-state index is -0.400. The standard InChI is InChI=1S/C20H18N2O4/c1-25-17-10-9-14(11-18(17)26-2)20(24)22-21-12-15-8-7-13-5-3-4-6-16(13)19(15)23/h3-12,23H,1-2H3,(H,22,24). The van der Waals surface area contributed by atoms with E-state index in [0.717, 1.165) is 10.8 Å². The summed E-state index contributed by atoms with van der Waals surface area (Å²) >= 11 is 0. The van der Waals surface area contributed by atoms with Crippen LogP contribution >= 0.6 is 0 Å². The molecule has 0 unspecified atom stereocenters. The Bertz CT molecular complexity index is 983. The summed E-state index contributed by atoms with van der Waals surface area (Å²) in [4.78, 5) is 12.2. The van der Waals surface area contributed by atoms with Crippen LogP contribution in [0.1, 0.15) is 15.9 Å². The van der Waals surface area contributed by atoms with Crippen LogP contribution in [0.5, 0.6) is 17.2 Å². The third kappa shape index (κ3) is 3.44. The van der Waals surface area contributed by atoms with E-state index in [-0.39, 0.29) is 5.75 Å².